The second-order valence-corrected chi connectivity index (χ2v) is 3.56. The van der Waals surface area contributed by atoms with Crippen LogP contribution in [0.15, 0.2) is 0 Å². The highest BCUT2D eigenvalue weighted by molar-refractivity contribution is 4.98. The van der Waals surface area contributed by atoms with E-state index in [9.17, 15) is 0 Å². The Kier molecular flexibility index (Phi) is 4.96. The molecule has 2 heteroatoms. The van der Waals surface area contributed by atoms with E-state index in [1.54, 1.807) is 7.11 Å². The summed E-state index contributed by atoms with van der Waals surface area (Å²) in [4.78, 5) is 0. The molecular weight excluding hydrogens is 150 g/mol. The van der Waals surface area contributed by atoms with Crippen LogP contribution in [-0.4, -0.2) is 18.8 Å². The second-order valence-electron chi connectivity index (χ2n) is 3.56. The molecule has 0 aliphatic carbocycles. The molecule has 0 heterocycles. The zero-order valence-electron chi connectivity index (χ0n) is 8.48. The predicted octanol–water partition coefficient (Wildman–Crippen LogP) is 1.54. The summed E-state index contributed by atoms with van der Waals surface area (Å²) in [7, 11) is 1.71. The van der Waals surface area contributed by atoms with Gasteiger partial charge in [0.15, 0.2) is 0 Å². The molecule has 0 radical (unpaired) electrons. The van der Waals surface area contributed by atoms with Gasteiger partial charge in [-0.15, -0.1) is 11.8 Å². The van der Waals surface area contributed by atoms with Gasteiger partial charge in [-0.2, -0.15) is 0 Å². The fourth-order valence-corrected chi connectivity index (χ4v) is 1.02. The summed E-state index contributed by atoms with van der Waals surface area (Å²) in [6.45, 7) is 5.90. The van der Waals surface area contributed by atoms with Crippen LogP contribution in [0, 0.1) is 11.8 Å². The number of nitrogens with two attached hydrogens (primary N) is 1. The average Bonchev–Trinajstić information content (AvgIpc) is 2.00. The van der Waals surface area contributed by atoms with Crippen LogP contribution < -0.4 is 5.73 Å². The van der Waals surface area contributed by atoms with Crippen molar-refractivity contribution in [3.63, 3.8) is 0 Å². The molecule has 0 rings (SSSR count). The molecule has 0 saturated heterocycles. The van der Waals surface area contributed by atoms with Crippen molar-refractivity contribution in [3.05, 3.63) is 0 Å². The van der Waals surface area contributed by atoms with Crippen molar-refractivity contribution in [2.75, 3.05) is 7.11 Å². The fraction of sp³-hybridized carbons (Fsp3) is 0.800. The molecule has 0 aliphatic rings. The second kappa shape index (κ2) is 5.18. The van der Waals surface area contributed by atoms with Crippen LogP contribution in [-0.2, 0) is 4.74 Å². The van der Waals surface area contributed by atoms with Crippen molar-refractivity contribution in [1.82, 2.24) is 0 Å². The maximum atomic E-state index is 5.84. The van der Waals surface area contributed by atoms with E-state index in [0.29, 0.717) is 0 Å². The molecule has 0 aromatic rings. The van der Waals surface area contributed by atoms with E-state index in [4.69, 9.17) is 10.5 Å². The molecule has 0 aromatic heterocycles. The lowest BCUT2D eigenvalue weighted by atomic mass is 9.97. The molecule has 0 aromatic carbocycles. The molecule has 12 heavy (non-hydrogen) atoms. The first-order valence-corrected chi connectivity index (χ1v) is 4.22. The third-order valence-corrected chi connectivity index (χ3v) is 1.85. The molecule has 2 N–H and O–H groups in total. The molecule has 0 fully saturated rings. The third kappa shape index (κ3) is 5.17. The van der Waals surface area contributed by atoms with Gasteiger partial charge in [-0.1, -0.05) is 0 Å². The van der Waals surface area contributed by atoms with Gasteiger partial charge in [0.05, 0.1) is 5.60 Å². The smallest absolute Gasteiger partial charge is 0.0637 e. The maximum absolute atomic E-state index is 5.84. The summed E-state index contributed by atoms with van der Waals surface area (Å²) in [6, 6.07) is 0.118. The summed E-state index contributed by atoms with van der Waals surface area (Å²) in [5.41, 5.74) is 5.71. The maximum Gasteiger partial charge on any atom is 0.0637 e. The first-order chi connectivity index (χ1) is 5.52. The molecule has 0 spiro atoms. The van der Waals surface area contributed by atoms with Gasteiger partial charge in [-0.25, -0.2) is 0 Å². The molecule has 0 aliphatic heterocycles. The van der Waals surface area contributed by atoms with Crippen molar-refractivity contribution >= 4 is 0 Å². The van der Waals surface area contributed by atoms with Crippen LogP contribution >= 0.6 is 0 Å². The van der Waals surface area contributed by atoms with Gasteiger partial charge in [0, 0.05) is 19.6 Å². The lowest BCUT2D eigenvalue weighted by Gasteiger charge is -2.25. The minimum absolute atomic E-state index is 0.118. The van der Waals surface area contributed by atoms with Crippen LogP contribution in [0.25, 0.3) is 0 Å². The van der Waals surface area contributed by atoms with Crippen LogP contribution in [0.2, 0.25) is 0 Å². The summed E-state index contributed by atoms with van der Waals surface area (Å²) >= 11 is 0. The molecule has 0 saturated carbocycles. The van der Waals surface area contributed by atoms with Crippen LogP contribution in [0.3, 0.4) is 0 Å². The van der Waals surface area contributed by atoms with E-state index in [1.807, 2.05) is 20.8 Å². The van der Waals surface area contributed by atoms with Crippen LogP contribution in [0.5, 0.6) is 0 Å². The van der Waals surface area contributed by atoms with Gasteiger partial charge in [0.25, 0.3) is 0 Å². The molecule has 70 valence electrons. The Morgan fingerprint density at radius 1 is 1.50 bits per heavy atom. The molecule has 0 bridgehead atoms. The van der Waals surface area contributed by atoms with Crippen LogP contribution in [0.4, 0.5) is 0 Å². The lowest BCUT2D eigenvalue weighted by molar-refractivity contribution is 0.0105. The van der Waals surface area contributed by atoms with E-state index in [2.05, 4.69) is 11.8 Å². The van der Waals surface area contributed by atoms with Crippen molar-refractivity contribution in [2.45, 2.75) is 45.3 Å². The monoisotopic (exact) mass is 169 g/mol. The van der Waals surface area contributed by atoms with Gasteiger partial charge in [0.1, 0.15) is 0 Å². The number of ether oxygens (including phenoxy) is 1. The van der Waals surface area contributed by atoms with Crippen molar-refractivity contribution in [1.29, 1.82) is 0 Å². The molecule has 0 amide bonds. The summed E-state index contributed by atoms with van der Waals surface area (Å²) in [6.07, 6.45) is 1.60. The Labute approximate surface area is 75.5 Å². The van der Waals surface area contributed by atoms with Crippen molar-refractivity contribution < 1.29 is 4.74 Å². The van der Waals surface area contributed by atoms with E-state index in [0.717, 1.165) is 12.8 Å². The van der Waals surface area contributed by atoms with Gasteiger partial charge in [-0.05, 0) is 27.2 Å². The minimum atomic E-state index is -0.130. The topological polar surface area (TPSA) is 35.2 Å². The van der Waals surface area contributed by atoms with Gasteiger partial charge < -0.3 is 10.5 Å². The number of rotatable bonds is 4. The van der Waals surface area contributed by atoms with E-state index in [-0.39, 0.29) is 11.6 Å². The normalized spacial score (nSPS) is 13.4. The highest BCUT2D eigenvalue weighted by Crippen LogP contribution is 2.15. The van der Waals surface area contributed by atoms with E-state index < -0.39 is 0 Å². The Bertz CT molecular complexity index is 176. The summed E-state index contributed by atoms with van der Waals surface area (Å²) in [5.74, 6) is 5.80. The van der Waals surface area contributed by atoms with Gasteiger partial charge in [0.2, 0.25) is 0 Å². The highest BCUT2D eigenvalue weighted by Gasteiger charge is 2.19. The summed E-state index contributed by atoms with van der Waals surface area (Å²) in [5, 5.41) is 0. The van der Waals surface area contributed by atoms with Crippen molar-refractivity contribution in [2.24, 2.45) is 5.73 Å². The molecule has 2 nitrogen and oxygen atoms in total. The highest BCUT2D eigenvalue weighted by atomic mass is 16.5. The largest absolute Gasteiger partial charge is 0.379 e. The summed E-state index contributed by atoms with van der Waals surface area (Å²) < 4.78 is 5.26. The third-order valence-electron chi connectivity index (χ3n) is 1.85. The van der Waals surface area contributed by atoms with E-state index >= 15 is 0 Å². The first-order valence-electron chi connectivity index (χ1n) is 4.22. The van der Waals surface area contributed by atoms with Gasteiger partial charge >= 0.3 is 0 Å². The Morgan fingerprint density at radius 3 is 2.50 bits per heavy atom. The predicted molar refractivity (Wildman–Crippen MR) is 51.7 cm³/mol. The fourth-order valence-electron chi connectivity index (χ4n) is 1.02. The van der Waals surface area contributed by atoms with Crippen molar-refractivity contribution in [3.8, 4) is 11.8 Å². The quantitative estimate of drug-likeness (QED) is 0.648. The number of hydrogen-bond donors (Lipinski definition) is 1. The average molecular weight is 169 g/mol. The Hall–Kier alpha value is -0.520. The van der Waals surface area contributed by atoms with Gasteiger partial charge in [-0.3, -0.25) is 0 Å². The minimum Gasteiger partial charge on any atom is -0.379 e. The SMILES string of the molecule is CC#CCC(N)CC(C)(C)OC. The number of methoxy groups -OCH3 is 1. The molecular formula is C10H19NO. The molecule has 1 unspecified atom stereocenters. The Morgan fingerprint density at radius 2 is 2.08 bits per heavy atom. The standard InChI is InChI=1S/C10H19NO/c1-5-6-7-9(11)8-10(2,3)12-4/h9H,7-8,11H2,1-4H3. The van der Waals surface area contributed by atoms with Crippen LogP contribution in [0.1, 0.15) is 33.6 Å². The lowest BCUT2D eigenvalue weighted by Crippen LogP contribution is -2.33. The zero-order chi connectivity index (χ0) is 9.61. The van der Waals surface area contributed by atoms with E-state index in [1.165, 1.54) is 0 Å². The molecule has 1 atom stereocenters. The zero-order valence-corrected chi connectivity index (χ0v) is 8.48. The first kappa shape index (κ1) is 11.5. The Balaban J connectivity index is 3.80. The number of hydrogen-bond acceptors (Lipinski definition) is 2.